The Labute approximate surface area is 167 Å². The van der Waals surface area contributed by atoms with Crippen molar-refractivity contribution in [2.75, 3.05) is 0 Å². The van der Waals surface area contributed by atoms with Crippen LogP contribution in [0.15, 0.2) is 57.6 Å². The molecule has 0 aromatic heterocycles. The number of benzene rings is 2. The number of hydrogen-bond donors (Lipinski definition) is 1. The van der Waals surface area contributed by atoms with Crippen LogP contribution in [0, 0.1) is 10.1 Å². The third-order valence-electron chi connectivity index (χ3n) is 3.39. The molecule has 0 radical (unpaired) electrons. The van der Waals surface area contributed by atoms with Gasteiger partial charge in [-0.25, -0.2) is 0 Å². The molecule has 1 saturated heterocycles. The molecular weight excluding hydrogens is 411 g/mol. The first-order valence-corrected chi connectivity index (χ1v) is 9.01. The van der Waals surface area contributed by atoms with E-state index >= 15 is 0 Å². The van der Waals surface area contributed by atoms with Crippen LogP contribution in [0.3, 0.4) is 0 Å². The van der Waals surface area contributed by atoms with Crippen LogP contribution < -0.4 is 5.32 Å². The number of thioether (sulfide) groups is 1. The number of nitro benzene ring substituents is 1. The monoisotopic (exact) mass is 420 g/mol. The van der Waals surface area contributed by atoms with Gasteiger partial charge in [-0.05, 0) is 47.7 Å². The van der Waals surface area contributed by atoms with Crippen molar-refractivity contribution >= 4 is 64.0 Å². The van der Waals surface area contributed by atoms with Gasteiger partial charge in [0.05, 0.1) is 26.1 Å². The maximum atomic E-state index is 12.0. The molecule has 1 aliphatic heterocycles. The molecule has 1 N–H and O–H groups in total. The first-order valence-electron chi connectivity index (χ1n) is 7.44. The first kappa shape index (κ1) is 19.1. The van der Waals surface area contributed by atoms with Gasteiger partial charge in [0.15, 0.2) is 5.17 Å². The minimum absolute atomic E-state index is 0.0181. The quantitative estimate of drug-likeness (QED) is 0.340. The Kier molecular flexibility index (Phi) is 5.90. The van der Waals surface area contributed by atoms with Gasteiger partial charge in [-0.2, -0.15) is 5.10 Å². The molecule has 1 amide bonds. The molecule has 10 heteroatoms. The second-order valence-corrected chi connectivity index (χ2v) is 7.04. The molecule has 2 aromatic carbocycles. The predicted molar refractivity (Wildman–Crippen MR) is 108 cm³/mol. The smallest absolute Gasteiger partial charge is 0.269 e. The number of nitrogens with one attached hydrogen (secondary N) is 1. The molecule has 1 fully saturated rings. The molecule has 0 spiro atoms. The SMILES string of the molecule is O=C1N/C(=N/N=C/c2c(Cl)cccc2Cl)S/C1=C/c1ccc([N+](=O)[O-])cc1. The molecule has 1 aliphatic rings. The number of hydrogen-bond acceptors (Lipinski definition) is 6. The van der Waals surface area contributed by atoms with E-state index in [-0.39, 0.29) is 11.6 Å². The number of non-ortho nitro benzene ring substituents is 1. The van der Waals surface area contributed by atoms with Gasteiger partial charge in [0.25, 0.3) is 11.6 Å². The van der Waals surface area contributed by atoms with E-state index in [0.29, 0.717) is 31.2 Å². The van der Waals surface area contributed by atoms with Gasteiger partial charge in [0.1, 0.15) is 0 Å². The lowest BCUT2D eigenvalue weighted by Crippen LogP contribution is -2.19. The summed E-state index contributed by atoms with van der Waals surface area (Å²) in [5.74, 6) is -0.330. The Bertz CT molecular complexity index is 983. The van der Waals surface area contributed by atoms with Crippen molar-refractivity contribution in [2.24, 2.45) is 10.2 Å². The summed E-state index contributed by atoms with van der Waals surface area (Å²) < 4.78 is 0. The second-order valence-electron chi connectivity index (χ2n) is 5.20. The van der Waals surface area contributed by atoms with E-state index in [2.05, 4.69) is 15.5 Å². The number of amidine groups is 1. The minimum atomic E-state index is -0.484. The van der Waals surface area contributed by atoms with E-state index in [1.54, 1.807) is 36.4 Å². The van der Waals surface area contributed by atoms with E-state index in [1.807, 2.05) is 0 Å². The van der Waals surface area contributed by atoms with Crippen molar-refractivity contribution in [3.63, 3.8) is 0 Å². The summed E-state index contributed by atoms with van der Waals surface area (Å²) in [5, 5.41) is 22.3. The first-order chi connectivity index (χ1) is 12.9. The lowest BCUT2D eigenvalue weighted by atomic mass is 10.2. The lowest BCUT2D eigenvalue weighted by Gasteiger charge is -1.98. The van der Waals surface area contributed by atoms with Gasteiger partial charge in [-0.1, -0.05) is 29.3 Å². The highest BCUT2D eigenvalue weighted by molar-refractivity contribution is 8.18. The molecule has 0 unspecified atom stereocenters. The number of amides is 1. The number of carbonyl (C=O) groups excluding carboxylic acids is 1. The molecule has 0 aliphatic carbocycles. The van der Waals surface area contributed by atoms with E-state index in [4.69, 9.17) is 23.2 Å². The third-order valence-corrected chi connectivity index (χ3v) is 4.95. The summed E-state index contributed by atoms with van der Waals surface area (Å²) in [7, 11) is 0. The highest BCUT2D eigenvalue weighted by Crippen LogP contribution is 2.27. The van der Waals surface area contributed by atoms with Crippen molar-refractivity contribution in [2.45, 2.75) is 0 Å². The summed E-state index contributed by atoms with van der Waals surface area (Å²) in [5.41, 5.74) is 1.17. The summed E-state index contributed by atoms with van der Waals surface area (Å²) in [6, 6.07) is 10.9. The number of nitro groups is 1. The van der Waals surface area contributed by atoms with Crippen LogP contribution in [0.2, 0.25) is 10.0 Å². The second kappa shape index (κ2) is 8.34. The van der Waals surface area contributed by atoms with Gasteiger partial charge in [0, 0.05) is 17.7 Å². The molecule has 3 rings (SSSR count). The van der Waals surface area contributed by atoms with Gasteiger partial charge in [-0.15, -0.1) is 5.10 Å². The number of halogens is 2. The number of carbonyl (C=O) groups is 1. The minimum Gasteiger partial charge on any atom is -0.299 e. The zero-order valence-electron chi connectivity index (χ0n) is 13.4. The zero-order valence-corrected chi connectivity index (χ0v) is 15.8. The Hall–Kier alpha value is -2.68. The largest absolute Gasteiger partial charge is 0.299 e. The highest BCUT2D eigenvalue weighted by atomic mass is 35.5. The van der Waals surface area contributed by atoms with E-state index in [1.165, 1.54) is 18.3 Å². The maximum Gasteiger partial charge on any atom is 0.269 e. The van der Waals surface area contributed by atoms with Crippen LogP contribution in [0.5, 0.6) is 0 Å². The molecule has 2 aromatic rings. The van der Waals surface area contributed by atoms with E-state index < -0.39 is 4.92 Å². The Morgan fingerprint density at radius 3 is 2.41 bits per heavy atom. The van der Waals surface area contributed by atoms with Crippen LogP contribution in [0.25, 0.3) is 6.08 Å². The van der Waals surface area contributed by atoms with Gasteiger partial charge >= 0.3 is 0 Å². The van der Waals surface area contributed by atoms with Crippen molar-refractivity contribution in [1.82, 2.24) is 5.32 Å². The summed E-state index contributed by atoms with van der Waals surface area (Å²) in [6.45, 7) is 0. The normalized spacial score (nSPS) is 17.0. The fourth-order valence-electron chi connectivity index (χ4n) is 2.09. The van der Waals surface area contributed by atoms with Crippen LogP contribution in [-0.4, -0.2) is 22.2 Å². The Morgan fingerprint density at radius 2 is 1.78 bits per heavy atom. The van der Waals surface area contributed by atoms with E-state index in [9.17, 15) is 14.9 Å². The van der Waals surface area contributed by atoms with Crippen LogP contribution in [-0.2, 0) is 4.79 Å². The van der Waals surface area contributed by atoms with E-state index in [0.717, 1.165) is 11.8 Å². The Balaban J connectivity index is 1.74. The molecule has 27 heavy (non-hydrogen) atoms. The van der Waals surface area contributed by atoms with Crippen molar-refractivity contribution in [3.8, 4) is 0 Å². The van der Waals surface area contributed by atoms with Gasteiger partial charge < -0.3 is 0 Å². The fourth-order valence-corrected chi connectivity index (χ4v) is 3.37. The highest BCUT2D eigenvalue weighted by Gasteiger charge is 2.23. The van der Waals surface area contributed by atoms with Gasteiger partial charge in [-0.3, -0.25) is 20.2 Å². The van der Waals surface area contributed by atoms with Crippen molar-refractivity contribution in [3.05, 3.63) is 78.7 Å². The van der Waals surface area contributed by atoms with Crippen molar-refractivity contribution in [1.29, 1.82) is 0 Å². The van der Waals surface area contributed by atoms with Crippen LogP contribution >= 0.6 is 35.0 Å². The number of rotatable bonds is 4. The fraction of sp³-hybridized carbons (Fsp3) is 0. The topological polar surface area (TPSA) is 97.0 Å². The standard InChI is InChI=1S/C17H10Cl2N4O3S/c18-13-2-1-3-14(19)12(13)9-20-22-17-21-16(24)15(27-17)8-10-4-6-11(7-5-10)23(25)26/h1-9H,(H,21,22,24)/b15-8+,20-9+. The lowest BCUT2D eigenvalue weighted by molar-refractivity contribution is -0.384. The molecule has 1 heterocycles. The third kappa shape index (κ3) is 4.73. The zero-order chi connectivity index (χ0) is 19.4. The summed E-state index contributed by atoms with van der Waals surface area (Å²) in [6.07, 6.45) is 3.02. The Morgan fingerprint density at radius 1 is 1.11 bits per heavy atom. The summed E-state index contributed by atoms with van der Waals surface area (Å²) in [4.78, 5) is 22.6. The number of nitrogens with zero attached hydrogens (tertiary/aromatic N) is 3. The average Bonchev–Trinajstić information content (AvgIpc) is 2.97. The average molecular weight is 421 g/mol. The predicted octanol–water partition coefficient (Wildman–Crippen LogP) is 4.50. The molecule has 136 valence electrons. The molecule has 0 atom stereocenters. The molecular formula is C17H10Cl2N4O3S. The molecule has 0 saturated carbocycles. The van der Waals surface area contributed by atoms with Gasteiger partial charge in [0.2, 0.25) is 0 Å². The maximum absolute atomic E-state index is 12.0. The van der Waals surface area contributed by atoms with Crippen LogP contribution in [0.1, 0.15) is 11.1 Å². The summed E-state index contributed by atoms with van der Waals surface area (Å²) >= 11 is 13.2. The molecule has 0 bridgehead atoms. The molecule has 7 nitrogen and oxygen atoms in total. The van der Waals surface area contributed by atoms with Crippen molar-refractivity contribution < 1.29 is 9.72 Å². The van der Waals surface area contributed by atoms with Crippen LogP contribution in [0.4, 0.5) is 5.69 Å².